The summed E-state index contributed by atoms with van der Waals surface area (Å²) in [4.78, 5) is 45.9. The second kappa shape index (κ2) is 9.22. The molecule has 5 rings (SSSR count). The number of pyridine rings is 1. The van der Waals surface area contributed by atoms with Gasteiger partial charge in [0.05, 0.1) is 16.7 Å². The number of aromatic nitrogens is 1. The van der Waals surface area contributed by atoms with Gasteiger partial charge in [-0.25, -0.2) is 0 Å². The summed E-state index contributed by atoms with van der Waals surface area (Å²) in [6, 6.07) is 9.85. The van der Waals surface area contributed by atoms with E-state index in [1.165, 1.54) is 0 Å². The number of likely N-dealkylation sites (tertiary alicyclic amines) is 1. The van der Waals surface area contributed by atoms with E-state index in [4.69, 9.17) is 5.73 Å². The van der Waals surface area contributed by atoms with Gasteiger partial charge in [0, 0.05) is 62.2 Å². The van der Waals surface area contributed by atoms with Gasteiger partial charge in [-0.3, -0.25) is 19.4 Å². The van der Waals surface area contributed by atoms with E-state index < -0.39 is 23.2 Å². The normalized spacial score (nSPS) is 23.2. The van der Waals surface area contributed by atoms with E-state index >= 15 is 0 Å². The summed E-state index contributed by atoms with van der Waals surface area (Å²) in [7, 11) is 0. The number of carbonyl (C=O) groups is 3. The van der Waals surface area contributed by atoms with Crippen molar-refractivity contribution in [2.75, 3.05) is 31.1 Å². The third-order valence-corrected chi connectivity index (χ3v) is 8.72. The van der Waals surface area contributed by atoms with Crippen molar-refractivity contribution in [3.63, 3.8) is 0 Å². The van der Waals surface area contributed by atoms with Crippen molar-refractivity contribution in [3.05, 3.63) is 58.9 Å². The van der Waals surface area contributed by atoms with Gasteiger partial charge in [-0.15, -0.1) is 0 Å². The van der Waals surface area contributed by atoms with Crippen molar-refractivity contribution in [1.82, 2.24) is 9.88 Å². The molecule has 1 aromatic heterocycles. The van der Waals surface area contributed by atoms with Crippen LogP contribution in [0.3, 0.4) is 0 Å². The number of anilines is 1. The molecule has 36 heavy (non-hydrogen) atoms. The Labute approximate surface area is 211 Å². The first-order valence-corrected chi connectivity index (χ1v) is 12.8. The van der Waals surface area contributed by atoms with Crippen LogP contribution in [0, 0.1) is 31.1 Å². The summed E-state index contributed by atoms with van der Waals surface area (Å²) in [6.45, 7) is 6.97. The maximum atomic E-state index is 13.2. The van der Waals surface area contributed by atoms with Gasteiger partial charge < -0.3 is 20.6 Å². The smallest absolute Gasteiger partial charge is 0.310 e. The third kappa shape index (κ3) is 4.12. The van der Waals surface area contributed by atoms with Crippen LogP contribution in [0.15, 0.2) is 36.5 Å². The van der Waals surface area contributed by atoms with E-state index in [2.05, 4.69) is 9.88 Å². The summed E-state index contributed by atoms with van der Waals surface area (Å²) in [5, 5.41) is 10.0. The van der Waals surface area contributed by atoms with Gasteiger partial charge in [-0.2, -0.15) is 0 Å². The first kappa shape index (κ1) is 24.3. The average molecular weight is 491 g/mol. The summed E-state index contributed by atoms with van der Waals surface area (Å²) < 4.78 is 0. The fourth-order valence-corrected chi connectivity index (χ4v) is 6.59. The highest BCUT2D eigenvalue weighted by Crippen LogP contribution is 2.53. The fraction of sp³-hybridized carbons (Fsp3) is 0.500. The molecular formula is C28H34N4O4. The lowest BCUT2D eigenvalue weighted by Crippen LogP contribution is -2.44. The number of carboxylic acid groups (broad SMARTS) is 1. The highest BCUT2D eigenvalue weighted by atomic mass is 16.4. The lowest BCUT2D eigenvalue weighted by atomic mass is 9.58. The number of carboxylic acids is 1. The van der Waals surface area contributed by atoms with Crippen LogP contribution in [0.5, 0.6) is 0 Å². The Balaban J connectivity index is 1.31. The van der Waals surface area contributed by atoms with Crippen LogP contribution in [0.25, 0.3) is 0 Å². The molecular weight excluding hydrogens is 456 g/mol. The SMILES string of the molecule is Cc1ccnc(C)c1C(=O)N1CC2CN(c3cccc(C(CC(N)=O)C4(C(=O)O)CCC4)c3)CC2C1. The maximum Gasteiger partial charge on any atom is 0.310 e. The highest BCUT2D eigenvalue weighted by Gasteiger charge is 2.51. The summed E-state index contributed by atoms with van der Waals surface area (Å²) >= 11 is 0. The second-order valence-electron chi connectivity index (χ2n) is 10.9. The van der Waals surface area contributed by atoms with Crippen LogP contribution < -0.4 is 10.6 Å². The number of hydrogen-bond donors (Lipinski definition) is 2. The molecule has 1 aromatic carbocycles. The fourth-order valence-electron chi connectivity index (χ4n) is 6.59. The van der Waals surface area contributed by atoms with Crippen LogP contribution in [0.4, 0.5) is 5.69 Å². The molecule has 0 bridgehead atoms. The molecule has 2 aliphatic heterocycles. The number of nitrogens with zero attached hydrogens (tertiary/aromatic N) is 3. The van der Waals surface area contributed by atoms with Crippen molar-refractivity contribution in [1.29, 1.82) is 0 Å². The Bertz CT molecular complexity index is 1170. The van der Waals surface area contributed by atoms with Gasteiger partial charge in [0.15, 0.2) is 0 Å². The number of carbonyl (C=O) groups excluding carboxylic acids is 2. The molecule has 1 aliphatic carbocycles. The zero-order valence-electron chi connectivity index (χ0n) is 20.9. The van der Waals surface area contributed by atoms with E-state index in [1.807, 2.05) is 49.1 Å². The number of amides is 2. The number of nitrogens with two attached hydrogens (primary N) is 1. The van der Waals surface area contributed by atoms with Gasteiger partial charge >= 0.3 is 5.97 Å². The van der Waals surface area contributed by atoms with Crippen LogP contribution in [0.1, 0.15) is 58.8 Å². The molecule has 2 amide bonds. The Hall–Kier alpha value is -3.42. The number of rotatable bonds is 7. The maximum absolute atomic E-state index is 13.2. The van der Waals surface area contributed by atoms with Crippen LogP contribution in [-0.2, 0) is 9.59 Å². The number of aryl methyl sites for hydroxylation is 2. The summed E-state index contributed by atoms with van der Waals surface area (Å²) in [5.74, 6) is -0.916. The standard InChI is InChI=1S/C28H34N4O4/c1-17-7-10-30-18(2)25(17)26(34)32-15-20-13-31(14-21(20)16-32)22-6-3-5-19(11-22)23(12-24(29)33)28(27(35)36)8-4-9-28/h3,5-7,10-11,20-21,23H,4,8-9,12-16H2,1-2H3,(H2,29,33)(H,35,36). The van der Waals surface area contributed by atoms with E-state index in [1.54, 1.807) is 6.20 Å². The number of benzene rings is 1. The van der Waals surface area contributed by atoms with Crippen molar-refractivity contribution in [2.24, 2.45) is 23.0 Å². The number of primary amides is 1. The van der Waals surface area contributed by atoms with Gasteiger partial charge in [-0.1, -0.05) is 18.6 Å². The van der Waals surface area contributed by atoms with Crippen molar-refractivity contribution >= 4 is 23.5 Å². The molecule has 3 aliphatic rings. The first-order valence-electron chi connectivity index (χ1n) is 12.8. The summed E-state index contributed by atoms with van der Waals surface area (Å²) in [5.41, 5.74) is 8.97. The first-order chi connectivity index (χ1) is 17.2. The molecule has 3 heterocycles. The predicted octanol–water partition coefficient (Wildman–Crippen LogP) is 3.12. The number of aliphatic carboxylic acids is 1. The quantitative estimate of drug-likeness (QED) is 0.616. The molecule has 3 unspecified atom stereocenters. The minimum Gasteiger partial charge on any atom is -0.481 e. The minimum absolute atomic E-state index is 0.0330. The Morgan fingerprint density at radius 1 is 1.11 bits per heavy atom. The van der Waals surface area contributed by atoms with E-state index in [0.29, 0.717) is 30.2 Å². The molecule has 0 spiro atoms. The van der Waals surface area contributed by atoms with Crippen LogP contribution in [0.2, 0.25) is 0 Å². The van der Waals surface area contributed by atoms with E-state index in [9.17, 15) is 19.5 Å². The molecule has 2 aromatic rings. The lowest BCUT2D eigenvalue weighted by Gasteiger charge is -2.44. The van der Waals surface area contributed by atoms with Gasteiger partial charge in [0.25, 0.3) is 5.91 Å². The van der Waals surface area contributed by atoms with Gasteiger partial charge in [0.1, 0.15) is 0 Å². The molecule has 190 valence electrons. The van der Waals surface area contributed by atoms with Crippen molar-refractivity contribution in [2.45, 2.75) is 45.4 Å². The third-order valence-electron chi connectivity index (χ3n) is 8.72. The Morgan fingerprint density at radius 2 is 1.81 bits per heavy atom. The molecule has 3 fully saturated rings. The second-order valence-corrected chi connectivity index (χ2v) is 10.9. The van der Waals surface area contributed by atoms with Crippen molar-refractivity contribution < 1.29 is 19.5 Å². The molecule has 8 nitrogen and oxygen atoms in total. The Morgan fingerprint density at radius 3 is 2.36 bits per heavy atom. The molecule has 0 radical (unpaired) electrons. The predicted molar refractivity (Wildman–Crippen MR) is 136 cm³/mol. The molecule has 3 N–H and O–H groups in total. The Kier molecular flexibility index (Phi) is 6.22. The van der Waals surface area contributed by atoms with Crippen molar-refractivity contribution in [3.8, 4) is 0 Å². The summed E-state index contributed by atoms with van der Waals surface area (Å²) in [6.07, 6.45) is 3.76. The monoisotopic (exact) mass is 490 g/mol. The van der Waals surface area contributed by atoms with E-state index in [-0.39, 0.29) is 12.3 Å². The zero-order chi connectivity index (χ0) is 25.6. The van der Waals surface area contributed by atoms with Crippen LogP contribution in [-0.4, -0.2) is 59.0 Å². The highest BCUT2D eigenvalue weighted by molar-refractivity contribution is 5.96. The van der Waals surface area contributed by atoms with Gasteiger partial charge in [-0.05, 0) is 56.0 Å². The number of hydrogen-bond acceptors (Lipinski definition) is 5. The van der Waals surface area contributed by atoms with Gasteiger partial charge in [0.2, 0.25) is 5.91 Å². The molecule has 3 atom stereocenters. The molecule has 1 saturated carbocycles. The van der Waals surface area contributed by atoms with Crippen LogP contribution >= 0.6 is 0 Å². The van der Waals surface area contributed by atoms with E-state index in [0.717, 1.165) is 55.1 Å². The topological polar surface area (TPSA) is 117 Å². The average Bonchev–Trinajstić information content (AvgIpc) is 3.37. The largest absolute Gasteiger partial charge is 0.481 e. The molecule has 8 heteroatoms. The molecule has 2 saturated heterocycles. The number of fused-ring (bicyclic) bond motifs is 1. The lowest BCUT2D eigenvalue weighted by molar-refractivity contribution is -0.157. The zero-order valence-corrected chi connectivity index (χ0v) is 20.9. The minimum atomic E-state index is -0.918.